The lowest BCUT2D eigenvalue weighted by molar-refractivity contribution is -0.121. The lowest BCUT2D eigenvalue weighted by atomic mass is 9.95. The molecule has 2 aromatic carbocycles. The maximum atomic E-state index is 13.8. The van der Waals surface area contributed by atoms with Crippen LogP contribution in [0.4, 0.5) is 10.1 Å². The summed E-state index contributed by atoms with van der Waals surface area (Å²) in [4.78, 5) is 14.9. The number of carbonyl (C=O) groups excluding carboxylic acids is 1. The number of methoxy groups -OCH3 is 2. The van der Waals surface area contributed by atoms with Crippen molar-refractivity contribution in [2.75, 3.05) is 32.6 Å². The van der Waals surface area contributed by atoms with Gasteiger partial charge in [-0.15, -0.1) is 0 Å². The third kappa shape index (κ3) is 4.77. The third-order valence-electron chi connectivity index (χ3n) is 4.97. The largest absolute Gasteiger partial charge is 0.497 e. The van der Waals surface area contributed by atoms with Crippen LogP contribution in [0.15, 0.2) is 42.5 Å². The van der Waals surface area contributed by atoms with Crippen molar-refractivity contribution < 1.29 is 18.7 Å². The van der Waals surface area contributed by atoms with Gasteiger partial charge in [0.25, 0.3) is 0 Å². The quantitative estimate of drug-likeness (QED) is 0.840. The third-order valence-corrected chi connectivity index (χ3v) is 4.97. The molecule has 1 aliphatic heterocycles. The van der Waals surface area contributed by atoms with E-state index in [0.717, 1.165) is 25.9 Å². The molecule has 27 heavy (non-hydrogen) atoms. The molecule has 0 spiro atoms. The number of nitrogens with zero attached hydrogens (tertiary/aromatic N) is 1. The molecule has 0 aromatic heterocycles. The van der Waals surface area contributed by atoms with Crippen molar-refractivity contribution in [3.8, 4) is 11.5 Å². The van der Waals surface area contributed by atoms with Gasteiger partial charge in [-0.05, 0) is 44.1 Å². The molecular weight excluding hydrogens is 347 g/mol. The monoisotopic (exact) mass is 372 g/mol. The Morgan fingerprint density at radius 1 is 1.15 bits per heavy atom. The number of hydrogen-bond acceptors (Lipinski definition) is 4. The number of benzene rings is 2. The van der Waals surface area contributed by atoms with Gasteiger partial charge in [-0.3, -0.25) is 9.69 Å². The zero-order valence-corrected chi connectivity index (χ0v) is 15.7. The lowest BCUT2D eigenvalue weighted by Crippen LogP contribution is -2.38. The fraction of sp³-hybridized carbons (Fsp3) is 0.381. The van der Waals surface area contributed by atoms with Crippen LogP contribution >= 0.6 is 0 Å². The van der Waals surface area contributed by atoms with Crippen molar-refractivity contribution in [2.24, 2.45) is 5.92 Å². The number of nitrogens with one attached hydrogen (secondary N) is 1. The summed E-state index contributed by atoms with van der Waals surface area (Å²) in [7, 11) is 3.15. The summed E-state index contributed by atoms with van der Waals surface area (Å²) in [6.45, 7) is 2.11. The maximum absolute atomic E-state index is 13.8. The first-order valence-corrected chi connectivity index (χ1v) is 9.09. The van der Waals surface area contributed by atoms with Crippen molar-refractivity contribution in [1.29, 1.82) is 0 Å². The van der Waals surface area contributed by atoms with Crippen molar-refractivity contribution in [3.63, 3.8) is 0 Å². The molecule has 0 bridgehead atoms. The lowest BCUT2D eigenvalue weighted by Gasteiger charge is -2.31. The molecule has 0 saturated carbocycles. The van der Waals surface area contributed by atoms with Crippen LogP contribution in [-0.4, -0.2) is 38.1 Å². The molecule has 3 rings (SSSR count). The van der Waals surface area contributed by atoms with E-state index in [1.165, 1.54) is 6.07 Å². The molecule has 1 aliphatic rings. The van der Waals surface area contributed by atoms with Crippen molar-refractivity contribution in [3.05, 3.63) is 53.8 Å². The van der Waals surface area contributed by atoms with E-state index in [0.29, 0.717) is 29.3 Å². The molecule has 0 radical (unpaired) electrons. The Morgan fingerprint density at radius 3 is 2.56 bits per heavy atom. The van der Waals surface area contributed by atoms with Gasteiger partial charge >= 0.3 is 0 Å². The van der Waals surface area contributed by atoms with E-state index in [1.807, 2.05) is 12.1 Å². The number of likely N-dealkylation sites (tertiary alicyclic amines) is 1. The molecular formula is C21H25FN2O3. The molecule has 1 N–H and O–H groups in total. The predicted molar refractivity (Wildman–Crippen MR) is 103 cm³/mol. The smallest absolute Gasteiger partial charge is 0.227 e. The molecule has 2 aromatic rings. The number of amides is 1. The molecule has 6 heteroatoms. The second-order valence-corrected chi connectivity index (χ2v) is 6.70. The highest BCUT2D eigenvalue weighted by atomic mass is 19.1. The number of hydrogen-bond donors (Lipinski definition) is 1. The van der Waals surface area contributed by atoms with Gasteiger partial charge in [0, 0.05) is 24.1 Å². The molecule has 0 atom stereocenters. The SMILES string of the molecule is COc1ccc(OC)c(NC(=O)C2CCN(Cc3ccccc3F)CC2)c1. The fourth-order valence-electron chi connectivity index (χ4n) is 3.37. The van der Waals surface area contributed by atoms with Gasteiger partial charge in [-0.1, -0.05) is 18.2 Å². The average molecular weight is 372 g/mol. The molecule has 144 valence electrons. The number of anilines is 1. The first-order valence-electron chi connectivity index (χ1n) is 9.09. The zero-order chi connectivity index (χ0) is 19.2. The minimum Gasteiger partial charge on any atom is -0.497 e. The number of ether oxygens (including phenoxy) is 2. The van der Waals surface area contributed by atoms with E-state index in [1.54, 1.807) is 38.5 Å². The van der Waals surface area contributed by atoms with E-state index in [4.69, 9.17) is 9.47 Å². The van der Waals surface area contributed by atoms with Crippen LogP contribution < -0.4 is 14.8 Å². The van der Waals surface area contributed by atoms with Gasteiger partial charge in [-0.25, -0.2) is 4.39 Å². The topological polar surface area (TPSA) is 50.8 Å². The second-order valence-electron chi connectivity index (χ2n) is 6.70. The Labute approximate surface area is 159 Å². The number of rotatable bonds is 6. The van der Waals surface area contributed by atoms with E-state index >= 15 is 0 Å². The van der Waals surface area contributed by atoms with E-state index in [-0.39, 0.29) is 17.6 Å². The molecule has 5 nitrogen and oxygen atoms in total. The van der Waals surface area contributed by atoms with Crippen LogP contribution in [-0.2, 0) is 11.3 Å². The Hall–Kier alpha value is -2.60. The number of carbonyl (C=O) groups is 1. The maximum Gasteiger partial charge on any atom is 0.227 e. The van der Waals surface area contributed by atoms with Crippen LogP contribution in [0.25, 0.3) is 0 Å². The highest BCUT2D eigenvalue weighted by Gasteiger charge is 2.26. The minimum absolute atomic E-state index is 0.0212. The summed E-state index contributed by atoms with van der Waals surface area (Å²) in [6, 6.07) is 12.1. The van der Waals surface area contributed by atoms with Gasteiger partial charge in [0.1, 0.15) is 17.3 Å². The first-order chi connectivity index (χ1) is 13.1. The van der Waals surface area contributed by atoms with Crippen molar-refractivity contribution in [2.45, 2.75) is 19.4 Å². The van der Waals surface area contributed by atoms with Gasteiger partial charge in [-0.2, -0.15) is 0 Å². The Morgan fingerprint density at radius 2 is 1.89 bits per heavy atom. The summed E-state index contributed by atoms with van der Waals surface area (Å²) in [5.74, 6) is 0.985. The highest BCUT2D eigenvalue weighted by molar-refractivity contribution is 5.94. The van der Waals surface area contributed by atoms with Gasteiger partial charge in [0.2, 0.25) is 5.91 Å². The summed E-state index contributed by atoms with van der Waals surface area (Å²) >= 11 is 0. The normalized spacial score (nSPS) is 15.4. The second kappa shape index (κ2) is 8.86. The minimum atomic E-state index is -0.178. The van der Waals surface area contributed by atoms with E-state index in [9.17, 15) is 9.18 Å². The summed E-state index contributed by atoms with van der Waals surface area (Å²) in [5, 5.41) is 2.96. The van der Waals surface area contributed by atoms with Gasteiger partial charge in [0.05, 0.1) is 19.9 Å². The number of piperidine rings is 1. The van der Waals surface area contributed by atoms with Crippen molar-refractivity contribution in [1.82, 2.24) is 4.90 Å². The molecule has 1 amide bonds. The van der Waals surface area contributed by atoms with E-state index in [2.05, 4.69) is 10.2 Å². The standard InChI is InChI=1S/C21H25FN2O3/c1-26-17-7-8-20(27-2)19(13-17)23-21(25)15-9-11-24(12-10-15)14-16-5-3-4-6-18(16)22/h3-8,13,15H,9-12,14H2,1-2H3,(H,23,25). The number of halogens is 1. The van der Waals surface area contributed by atoms with Crippen LogP contribution in [0.3, 0.4) is 0 Å². The van der Waals surface area contributed by atoms with Crippen LogP contribution in [0.5, 0.6) is 11.5 Å². The van der Waals surface area contributed by atoms with Crippen molar-refractivity contribution >= 4 is 11.6 Å². The Balaban J connectivity index is 1.57. The summed E-state index contributed by atoms with van der Waals surface area (Å²) in [5.41, 5.74) is 1.30. The first kappa shape index (κ1) is 19.2. The highest BCUT2D eigenvalue weighted by Crippen LogP contribution is 2.30. The predicted octanol–water partition coefficient (Wildman–Crippen LogP) is 3.69. The van der Waals surface area contributed by atoms with Gasteiger partial charge in [0.15, 0.2) is 0 Å². The molecule has 0 aliphatic carbocycles. The summed E-state index contributed by atoms with van der Waals surface area (Å²) < 4.78 is 24.3. The van der Waals surface area contributed by atoms with E-state index < -0.39 is 0 Å². The Bertz CT molecular complexity index is 789. The summed E-state index contributed by atoms with van der Waals surface area (Å²) in [6.07, 6.45) is 1.49. The Kier molecular flexibility index (Phi) is 6.29. The molecule has 0 unspecified atom stereocenters. The molecule has 1 saturated heterocycles. The molecule has 1 fully saturated rings. The van der Waals surface area contributed by atoms with Crippen LogP contribution in [0.2, 0.25) is 0 Å². The molecule has 1 heterocycles. The van der Waals surface area contributed by atoms with Crippen LogP contribution in [0.1, 0.15) is 18.4 Å². The average Bonchev–Trinajstić information content (AvgIpc) is 2.70. The zero-order valence-electron chi connectivity index (χ0n) is 15.7. The van der Waals surface area contributed by atoms with Gasteiger partial charge < -0.3 is 14.8 Å². The fourth-order valence-corrected chi connectivity index (χ4v) is 3.37. The van der Waals surface area contributed by atoms with Crippen LogP contribution in [0, 0.1) is 11.7 Å².